The monoisotopic (exact) mass is 312 g/mol. The number of carbonyl (C=O) groups is 2. The minimum absolute atomic E-state index is 0.119. The van der Waals surface area contributed by atoms with E-state index in [0.717, 1.165) is 0 Å². The number of hydrogen-bond acceptors (Lipinski definition) is 2. The number of hydrogen-bond donors (Lipinski definition) is 3. The third kappa shape index (κ3) is 7.56. The Morgan fingerprint density at radius 2 is 1.81 bits per heavy atom. The van der Waals surface area contributed by atoms with Gasteiger partial charge in [-0.3, -0.25) is 4.79 Å². The largest absolute Gasteiger partial charge is 0.481 e. The van der Waals surface area contributed by atoms with E-state index in [2.05, 4.69) is 10.6 Å². The van der Waals surface area contributed by atoms with Gasteiger partial charge >= 0.3 is 12.0 Å². The summed E-state index contributed by atoms with van der Waals surface area (Å²) in [7, 11) is 0. The topological polar surface area (TPSA) is 78.4 Å². The lowest BCUT2D eigenvalue weighted by Gasteiger charge is -2.23. The number of halogens is 1. The second kappa shape index (κ2) is 7.88. The Balaban J connectivity index is 2.29. The Kier molecular flexibility index (Phi) is 6.49. The minimum Gasteiger partial charge on any atom is -0.481 e. The first-order chi connectivity index (χ1) is 9.78. The highest BCUT2D eigenvalue weighted by Crippen LogP contribution is 2.26. The van der Waals surface area contributed by atoms with Crippen LogP contribution in [0.25, 0.3) is 0 Å². The number of carboxylic acid groups (broad SMARTS) is 1. The molecule has 1 aromatic rings. The Hall–Kier alpha value is -1.75. The van der Waals surface area contributed by atoms with E-state index in [0.29, 0.717) is 30.1 Å². The van der Waals surface area contributed by atoms with Gasteiger partial charge in [-0.05, 0) is 42.5 Å². The predicted molar refractivity (Wildman–Crippen MR) is 83.7 cm³/mol. The van der Waals surface area contributed by atoms with Gasteiger partial charge in [0, 0.05) is 23.7 Å². The molecule has 21 heavy (non-hydrogen) atoms. The smallest absolute Gasteiger partial charge is 0.319 e. The van der Waals surface area contributed by atoms with Crippen LogP contribution in [0.5, 0.6) is 0 Å². The van der Waals surface area contributed by atoms with E-state index in [-0.39, 0.29) is 17.9 Å². The maximum Gasteiger partial charge on any atom is 0.319 e. The molecule has 0 aromatic heterocycles. The van der Waals surface area contributed by atoms with Gasteiger partial charge in [0.2, 0.25) is 0 Å². The van der Waals surface area contributed by atoms with Crippen molar-refractivity contribution in [1.82, 2.24) is 5.32 Å². The molecule has 0 atom stereocenters. The van der Waals surface area contributed by atoms with Crippen molar-refractivity contribution in [3.8, 4) is 0 Å². The normalized spacial score (nSPS) is 11.0. The van der Waals surface area contributed by atoms with E-state index in [1.165, 1.54) is 0 Å². The number of carbonyl (C=O) groups excluding carboxylic acids is 1. The number of anilines is 1. The molecule has 0 fully saturated rings. The Labute approximate surface area is 129 Å². The molecule has 0 unspecified atom stereocenters. The first-order valence-corrected chi connectivity index (χ1v) is 7.18. The fraction of sp³-hybridized carbons (Fsp3) is 0.467. The van der Waals surface area contributed by atoms with E-state index >= 15 is 0 Å². The molecule has 0 bridgehead atoms. The van der Waals surface area contributed by atoms with E-state index in [4.69, 9.17) is 16.7 Å². The van der Waals surface area contributed by atoms with Crippen LogP contribution in [0.4, 0.5) is 10.5 Å². The van der Waals surface area contributed by atoms with Crippen molar-refractivity contribution in [3.63, 3.8) is 0 Å². The Morgan fingerprint density at radius 3 is 2.38 bits per heavy atom. The summed E-state index contributed by atoms with van der Waals surface area (Å²) in [4.78, 5) is 22.3. The zero-order chi connectivity index (χ0) is 15.9. The molecule has 3 N–H and O–H groups in total. The molecule has 1 rings (SSSR count). The van der Waals surface area contributed by atoms with Crippen LogP contribution in [0, 0.1) is 5.41 Å². The van der Waals surface area contributed by atoms with E-state index < -0.39 is 5.97 Å². The van der Waals surface area contributed by atoms with Crippen LogP contribution < -0.4 is 10.6 Å². The summed E-state index contributed by atoms with van der Waals surface area (Å²) in [5.74, 6) is -0.795. The van der Waals surface area contributed by atoms with Crippen LogP contribution in [-0.4, -0.2) is 23.7 Å². The Morgan fingerprint density at radius 1 is 1.19 bits per heavy atom. The first kappa shape index (κ1) is 17.3. The number of aliphatic carboxylic acids is 1. The van der Waals surface area contributed by atoms with E-state index in [9.17, 15) is 9.59 Å². The number of amides is 2. The molecular weight excluding hydrogens is 292 g/mol. The van der Waals surface area contributed by atoms with Crippen molar-refractivity contribution in [2.45, 2.75) is 33.1 Å². The molecule has 0 radical (unpaired) electrons. The van der Waals surface area contributed by atoms with Crippen molar-refractivity contribution < 1.29 is 14.7 Å². The lowest BCUT2D eigenvalue weighted by Crippen LogP contribution is -2.32. The number of benzene rings is 1. The average molecular weight is 313 g/mol. The summed E-state index contributed by atoms with van der Waals surface area (Å²) in [6.45, 7) is 4.48. The highest BCUT2D eigenvalue weighted by molar-refractivity contribution is 6.30. The van der Waals surface area contributed by atoms with Crippen molar-refractivity contribution in [1.29, 1.82) is 0 Å². The first-order valence-electron chi connectivity index (χ1n) is 6.81. The highest BCUT2D eigenvalue weighted by atomic mass is 35.5. The maximum atomic E-state index is 11.7. The summed E-state index contributed by atoms with van der Waals surface area (Å²) in [6, 6.07) is 6.56. The number of carboxylic acids is 1. The molecule has 0 heterocycles. The molecule has 116 valence electrons. The SMILES string of the molecule is CC(C)(CCNC(=O)Nc1ccc(Cl)cc1)CCC(=O)O. The van der Waals surface area contributed by atoms with Gasteiger partial charge in [0.25, 0.3) is 0 Å². The van der Waals surface area contributed by atoms with Gasteiger partial charge < -0.3 is 15.7 Å². The molecule has 0 aliphatic heterocycles. The van der Waals surface area contributed by atoms with Gasteiger partial charge in [-0.15, -0.1) is 0 Å². The van der Waals surface area contributed by atoms with Gasteiger partial charge in [-0.25, -0.2) is 4.79 Å². The molecule has 0 saturated heterocycles. The molecule has 6 heteroatoms. The number of urea groups is 1. The van der Waals surface area contributed by atoms with Crippen LogP contribution in [0.1, 0.15) is 33.1 Å². The van der Waals surface area contributed by atoms with Crippen molar-refractivity contribution in [2.24, 2.45) is 5.41 Å². The summed E-state index contributed by atoms with van der Waals surface area (Å²) in [5, 5.41) is 14.8. The highest BCUT2D eigenvalue weighted by Gasteiger charge is 2.19. The van der Waals surface area contributed by atoms with Crippen molar-refractivity contribution in [3.05, 3.63) is 29.3 Å². The second-order valence-corrected chi connectivity index (χ2v) is 6.13. The maximum absolute atomic E-state index is 11.7. The summed E-state index contributed by atoms with van der Waals surface area (Å²) < 4.78 is 0. The molecule has 0 aliphatic carbocycles. The van der Waals surface area contributed by atoms with E-state index in [1.54, 1.807) is 24.3 Å². The standard InChI is InChI=1S/C15H21ClN2O3/c1-15(2,8-7-13(19)20)9-10-17-14(21)18-12-5-3-11(16)4-6-12/h3-6H,7-10H2,1-2H3,(H,19,20)(H2,17,18,21). The van der Waals surface area contributed by atoms with Crippen molar-refractivity contribution >= 4 is 29.3 Å². The average Bonchev–Trinajstić information content (AvgIpc) is 2.39. The second-order valence-electron chi connectivity index (χ2n) is 5.70. The predicted octanol–water partition coefficient (Wildman–Crippen LogP) is 3.74. The molecule has 0 spiro atoms. The molecule has 5 nitrogen and oxygen atoms in total. The molecule has 1 aromatic carbocycles. The number of rotatable bonds is 7. The fourth-order valence-corrected chi connectivity index (χ4v) is 1.92. The number of nitrogens with one attached hydrogen (secondary N) is 2. The zero-order valence-electron chi connectivity index (χ0n) is 12.3. The van der Waals surface area contributed by atoms with Crippen LogP contribution in [0.3, 0.4) is 0 Å². The fourth-order valence-electron chi connectivity index (χ4n) is 1.79. The van der Waals surface area contributed by atoms with E-state index in [1.807, 2.05) is 13.8 Å². The summed E-state index contributed by atoms with van der Waals surface area (Å²) >= 11 is 5.76. The quantitative estimate of drug-likeness (QED) is 0.717. The van der Waals surface area contributed by atoms with Gasteiger partial charge in [-0.2, -0.15) is 0 Å². The lowest BCUT2D eigenvalue weighted by atomic mass is 9.84. The molecule has 0 saturated carbocycles. The zero-order valence-corrected chi connectivity index (χ0v) is 13.0. The van der Waals surface area contributed by atoms with Crippen molar-refractivity contribution in [2.75, 3.05) is 11.9 Å². The Bertz CT molecular complexity index is 486. The van der Waals surface area contributed by atoms with Crippen LogP contribution >= 0.6 is 11.6 Å². The van der Waals surface area contributed by atoms with Gasteiger partial charge in [0.1, 0.15) is 0 Å². The van der Waals surface area contributed by atoms with Gasteiger partial charge in [0.15, 0.2) is 0 Å². The van der Waals surface area contributed by atoms with Gasteiger partial charge in [0.05, 0.1) is 0 Å². The third-order valence-corrected chi connectivity index (χ3v) is 3.46. The summed E-state index contributed by atoms with van der Waals surface area (Å²) in [5.41, 5.74) is 0.549. The molecular formula is C15H21ClN2O3. The minimum atomic E-state index is -0.795. The van der Waals surface area contributed by atoms with Crippen LogP contribution in [0.15, 0.2) is 24.3 Å². The van der Waals surface area contributed by atoms with Crippen LogP contribution in [0.2, 0.25) is 5.02 Å². The van der Waals surface area contributed by atoms with Crippen LogP contribution in [-0.2, 0) is 4.79 Å². The van der Waals surface area contributed by atoms with Gasteiger partial charge in [-0.1, -0.05) is 25.4 Å². The molecule has 2 amide bonds. The lowest BCUT2D eigenvalue weighted by molar-refractivity contribution is -0.137. The summed E-state index contributed by atoms with van der Waals surface area (Å²) in [6.07, 6.45) is 1.45. The molecule has 0 aliphatic rings. The third-order valence-electron chi connectivity index (χ3n) is 3.21.